The molecule has 2 rings (SSSR count). The first-order valence-corrected chi connectivity index (χ1v) is 5.79. The topological polar surface area (TPSA) is 62.3 Å². The number of hydrogen-bond acceptors (Lipinski definition) is 4. The number of aromatic nitrogens is 2. The monoisotopic (exact) mass is 247 g/mol. The van der Waals surface area contributed by atoms with Gasteiger partial charge in [0, 0.05) is 7.05 Å². The Bertz CT molecular complexity index is 549. The zero-order valence-corrected chi connectivity index (χ0v) is 10.8. The van der Waals surface area contributed by atoms with Gasteiger partial charge in [0.2, 0.25) is 5.88 Å². The Balaban J connectivity index is 2.37. The summed E-state index contributed by atoms with van der Waals surface area (Å²) in [7, 11) is 3.41. The fraction of sp³-hybridized carbons (Fsp3) is 0.308. The lowest BCUT2D eigenvalue weighted by molar-refractivity contribution is 0.366. The number of rotatable bonds is 4. The van der Waals surface area contributed by atoms with E-state index in [1.54, 1.807) is 18.8 Å². The van der Waals surface area contributed by atoms with E-state index < -0.39 is 0 Å². The zero-order valence-electron chi connectivity index (χ0n) is 10.8. The number of nitrogens with two attached hydrogens (primary N) is 1. The number of para-hydroxylation sites is 2. The van der Waals surface area contributed by atoms with Crippen LogP contribution in [-0.4, -0.2) is 16.9 Å². The third-order valence-electron chi connectivity index (χ3n) is 2.72. The summed E-state index contributed by atoms with van der Waals surface area (Å²) in [6, 6.07) is 7.43. The van der Waals surface area contributed by atoms with Gasteiger partial charge in [0.05, 0.1) is 12.8 Å². The summed E-state index contributed by atoms with van der Waals surface area (Å²) >= 11 is 0. The van der Waals surface area contributed by atoms with Crippen LogP contribution < -0.4 is 15.2 Å². The molecule has 0 saturated carbocycles. The largest absolute Gasteiger partial charge is 0.493 e. The van der Waals surface area contributed by atoms with Crippen LogP contribution in [-0.2, 0) is 13.5 Å². The third-order valence-corrected chi connectivity index (χ3v) is 2.72. The molecule has 0 spiro atoms. The second-order valence-electron chi connectivity index (χ2n) is 3.90. The molecule has 5 nitrogen and oxygen atoms in total. The summed E-state index contributed by atoms with van der Waals surface area (Å²) in [6.07, 6.45) is 0.773. The standard InChI is InChI=1S/C13H17N3O2/c1-4-9-12(14)13(16(2)15-9)18-11-8-6-5-7-10(11)17-3/h5-8H,4,14H2,1-3H3. The first kappa shape index (κ1) is 12.3. The summed E-state index contributed by atoms with van der Waals surface area (Å²) < 4.78 is 12.7. The maximum Gasteiger partial charge on any atom is 0.241 e. The Labute approximate surface area is 106 Å². The van der Waals surface area contributed by atoms with Crippen LogP contribution >= 0.6 is 0 Å². The molecule has 1 aromatic carbocycles. The number of hydrogen-bond donors (Lipinski definition) is 1. The van der Waals surface area contributed by atoms with E-state index in [1.165, 1.54) is 0 Å². The van der Waals surface area contributed by atoms with Crippen molar-refractivity contribution in [1.82, 2.24) is 9.78 Å². The van der Waals surface area contributed by atoms with Crippen molar-refractivity contribution >= 4 is 5.69 Å². The predicted molar refractivity (Wildman–Crippen MR) is 70.1 cm³/mol. The van der Waals surface area contributed by atoms with E-state index in [2.05, 4.69) is 5.10 Å². The molecular formula is C13H17N3O2. The Kier molecular flexibility index (Phi) is 3.41. The molecule has 0 saturated heterocycles. The van der Waals surface area contributed by atoms with E-state index in [1.807, 2.05) is 31.2 Å². The van der Waals surface area contributed by atoms with Crippen molar-refractivity contribution in [2.75, 3.05) is 12.8 Å². The van der Waals surface area contributed by atoms with Crippen molar-refractivity contribution < 1.29 is 9.47 Å². The molecule has 0 aliphatic heterocycles. The van der Waals surface area contributed by atoms with Crippen molar-refractivity contribution in [3.05, 3.63) is 30.0 Å². The van der Waals surface area contributed by atoms with Gasteiger partial charge in [-0.15, -0.1) is 0 Å². The van der Waals surface area contributed by atoms with Crippen LogP contribution in [0.1, 0.15) is 12.6 Å². The molecule has 0 fully saturated rings. The lowest BCUT2D eigenvalue weighted by Crippen LogP contribution is -1.98. The van der Waals surface area contributed by atoms with Gasteiger partial charge in [0.15, 0.2) is 11.5 Å². The summed E-state index contributed by atoms with van der Waals surface area (Å²) in [4.78, 5) is 0. The minimum Gasteiger partial charge on any atom is -0.493 e. The van der Waals surface area contributed by atoms with Gasteiger partial charge in [-0.05, 0) is 18.6 Å². The Hall–Kier alpha value is -2.17. The minimum atomic E-state index is 0.538. The average Bonchev–Trinajstić information content (AvgIpc) is 2.66. The van der Waals surface area contributed by atoms with Crippen molar-refractivity contribution in [3.8, 4) is 17.4 Å². The predicted octanol–water partition coefficient (Wildman–Crippen LogP) is 2.37. The summed E-state index contributed by atoms with van der Waals surface area (Å²) in [6.45, 7) is 2.01. The number of methoxy groups -OCH3 is 1. The lowest BCUT2D eigenvalue weighted by atomic mass is 10.3. The number of aryl methyl sites for hydroxylation is 2. The maximum absolute atomic E-state index is 6.00. The number of anilines is 1. The molecule has 0 atom stereocenters. The van der Waals surface area contributed by atoms with Crippen molar-refractivity contribution in [1.29, 1.82) is 0 Å². The highest BCUT2D eigenvalue weighted by atomic mass is 16.5. The van der Waals surface area contributed by atoms with Crippen molar-refractivity contribution in [3.63, 3.8) is 0 Å². The molecule has 0 amide bonds. The Morgan fingerprint density at radius 3 is 2.50 bits per heavy atom. The molecule has 0 aliphatic rings. The van der Waals surface area contributed by atoms with E-state index in [0.717, 1.165) is 12.1 Å². The highest BCUT2D eigenvalue weighted by Gasteiger charge is 2.15. The molecule has 1 aromatic heterocycles. The Morgan fingerprint density at radius 1 is 1.28 bits per heavy atom. The molecule has 2 N–H and O–H groups in total. The first-order valence-electron chi connectivity index (χ1n) is 5.79. The lowest BCUT2D eigenvalue weighted by Gasteiger charge is -2.10. The summed E-state index contributed by atoms with van der Waals surface area (Å²) in [5.74, 6) is 1.82. The van der Waals surface area contributed by atoms with Crippen molar-refractivity contribution in [2.24, 2.45) is 7.05 Å². The zero-order chi connectivity index (χ0) is 13.1. The number of nitrogen functional groups attached to an aromatic ring is 1. The smallest absolute Gasteiger partial charge is 0.241 e. The van der Waals surface area contributed by atoms with Crippen LogP contribution in [0.5, 0.6) is 17.4 Å². The van der Waals surface area contributed by atoms with E-state index in [9.17, 15) is 0 Å². The second-order valence-corrected chi connectivity index (χ2v) is 3.90. The first-order chi connectivity index (χ1) is 8.67. The quantitative estimate of drug-likeness (QED) is 0.901. The fourth-order valence-electron chi connectivity index (χ4n) is 1.77. The van der Waals surface area contributed by atoms with Gasteiger partial charge in [-0.1, -0.05) is 19.1 Å². The van der Waals surface area contributed by atoms with Gasteiger partial charge in [0.1, 0.15) is 5.69 Å². The maximum atomic E-state index is 6.00. The van der Waals surface area contributed by atoms with Crippen LogP contribution in [0.4, 0.5) is 5.69 Å². The van der Waals surface area contributed by atoms with E-state index in [4.69, 9.17) is 15.2 Å². The summed E-state index contributed by atoms with van der Waals surface area (Å²) in [5, 5.41) is 4.31. The van der Waals surface area contributed by atoms with Gasteiger partial charge in [-0.3, -0.25) is 0 Å². The minimum absolute atomic E-state index is 0.538. The van der Waals surface area contributed by atoms with Gasteiger partial charge < -0.3 is 15.2 Å². The Morgan fingerprint density at radius 2 is 1.94 bits per heavy atom. The van der Waals surface area contributed by atoms with Crippen LogP contribution in [0.2, 0.25) is 0 Å². The third kappa shape index (κ3) is 2.11. The van der Waals surface area contributed by atoms with Crippen LogP contribution in [0.25, 0.3) is 0 Å². The van der Waals surface area contributed by atoms with Gasteiger partial charge in [0.25, 0.3) is 0 Å². The molecular weight excluding hydrogens is 230 g/mol. The molecule has 18 heavy (non-hydrogen) atoms. The molecule has 0 radical (unpaired) electrons. The number of ether oxygens (including phenoxy) is 2. The highest BCUT2D eigenvalue weighted by Crippen LogP contribution is 2.34. The fourth-order valence-corrected chi connectivity index (χ4v) is 1.77. The molecule has 2 aromatic rings. The van der Waals surface area contributed by atoms with E-state index in [-0.39, 0.29) is 0 Å². The van der Waals surface area contributed by atoms with Gasteiger partial charge in [-0.2, -0.15) is 5.10 Å². The molecule has 1 heterocycles. The molecule has 96 valence electrons. The molecule has 0 unspecified atom stereocenters. The molecule has 5 heteroatoms. The highest BCUT2D eigenvalue weighted by molar-refractivity contribution is 5.55. The van der Waals surface area contributed by atoms with Crippen LogP contribution in [0.15, 0.2) is 24.3 Å². The molecule has 0 aliphatic carbocycles. The molecule has 0 bridgehead atoms. The number of benzene rings is 1. The van der Waals surface area contributed by atoms with E-state index in [0.29, 0.717) is 23.1 Å². The summed E-state index contributed by atoms with van der Waals surface area (Å²) in [5.41, 5.74) is 7.42. The van der Waals surface area contributed by atoms with Gasteiger partial charge >= 0.3 is 0 Å². The van der Waals surface area contributed by atoms with Crippen LogP contribution in [0.3, 0.4) is 0 Å². The van der Waals surface area contributed by atoms with Crippen molar-refractivity contribution in [2.45, 2.75) is 13.3 Å². The second kappa shape index (κ2) is 5.00. The normalized spacial score (nSPS) is 10.4. The van der Waals surface area contributed by atoms with Gasteiger partial charge in [-0.25, -0.2) is 4.68 Å². The SMILES string of the molecule is CCc1nn(C)c(Oc2ccccc2OC)c1N. The average molecular weight is 247 g/mol. The number of nitrogens with zero attached hydrogens (tertiary/aromatic N) is 2. The van der Waals surface area contributed by atoms with E-state index >= 15 is 0 Å². The van der Waals surface area contributed by atoms with Crippen LogP contribution in [0, 0.1) is 0 Å².